The van der Waals surface area contributed by atoms with Crippen LogP contribution >= 0.6 is 0 Å². The Labute approximate surface area is 110 Å². The van der Waals surface area contributed by atoms with Crippen molar-refractivity contribution in [2.24, 2.45) is 0 Å². The number of fused-ring (bicyclic) bond motifs is 1. The average molecular weight is 268 g/mol. The molecule has 1 aromatic carbocycles. The van der Waals surface area contributed by atoms with Crippen LogP contribution in [0.15, 0.2) is 18.2 Å². The fourth-order valence-corrected chi connectivity index (χ4v) is 1.73. The van der Waals surface area contributed by atoms with E-state index in [1.54, 1.807) is 18.2 Å². The Morgan fingerprint density at radius 1 is 1.21 bits per heavy atom. The Kier molecular flexibility index (Phi) is 4.43. The smallest absolute Gasteiger partial charge is 0.322 e. The van der Waals surface area contributed by atoms with Crippen LogP contribution < -0.4 is 14.8 Å². The summed E-state index contributed by atoms with van der Waals surface area (Å²) < 4.78 is 10.4. The van der Waals surface area contributed by atoms with Crippen molar-refractivity contribution in [2.75, 3.05) is 38.4 Å². The lowest BCUT2D eigenvalue weighted by Crippen LogP contribution is -2.38. The second-order valence-electron chi connectivity index (χ2n) is 3.93. The zero-order chi connectivity index (χ0) is 13.7. The zero-order valence-corrected chi connectivity index (χ0v) is 10.3. The number of anilines is 1. The van der Waals surface area contributed by atoms with Gasteiger partial charge in [0.05, 0.1) is 13.2 Å². The summed E-state index contributed by atoms with van der Waals surface area (Å²) in [5, 5.41) is 20.4. The maximum Gasteiger partial charge on any atom is 0.322 e. The minimum Gasteiger partial charge on any atom is -0.454 e. The molecule has 3 N–H and O–H groups in total. The molecule has 1 heterocycles. The Balaban J connectivity index is 2.01. The number of aliphatic hydroxyl groups excluding tert-OH is 2. The molecule has 0 saturated heterocycles. The molecule has 1 aromatic rings. The van der Waals surface area contributed by atoms with Crippen molar-refractivity contribution in [1.29, 1.82) is 0 Å². The number of carbonyl (C=O) groups is 1. The monoisotopic (exact) mass is 268 g/mol. The van der Waals surface area contributed by atoms with E-state index >= 15 is 0 Å². The second-order valence-corrected chi connectivity index (χ2v) is 3.93. The molecule has 0 saturated carbocycles. The van der Waals surface area contributed by atoms with E-state index in [1.165, 1.54) is 4.90 Å². The normalized spacial score (nSPS) is 12.3. The summed E-state index contributed by atoms with van der Waals surface area (Å²) in [5.41, 5.74) is 0.565. The van der Waals surface area contributed by atoms with Crippen molar-refractivity contribution in [3.63, 3.8) is 0 Å². The fourth-order valence-electron chi connectivity index (χ4n) is 1.73. The highest BCUT2D eigenvalue weighted by atomic mass is 16.7. The topological polar surface area (TPSA) is 91.3 Å². The minimum absolute atomic E-state index is 0.158. The summed E-state index contributed by atoms with van der Waals surface area (Å²) in [6, 6.07) is 4.68. The molecule has 0 aromatic heterocycles. The van der Waals surface area contributed by atoms with E-state index in [1.807, 2.05) is 0 Å². The maximum atomic E-state index is 11.9. The highest BCUT2D eigenvalue weighted by molar-refractivity contribution is 5.89. The summed E-state index contributed by atoms with van der Waals surface area (Å²) in [7, 11) is 0. The largest absolute Gasteiger partial charge is 0.454 e. The molecule has 0 fully saturated rings. The number of hydrogen-bond acceptors (Lipinski definition) is 5. The third-order valence-electron chi connectivity index (χ3n) is 2.65. The fraction of sp³-hybridized carbons (Fsp3) is 0.417. The lowest BCUT2D eigenvalue weighted by Gasteiger charge is -2.21. The van der Waals surface area contributed by atoms with Crippen LogP contribution in [0.3, 0.4) is 0 Å². The first kappa shape index (κ1) is 13.4. The Morgan fingerprint density at radius 2 is 1.89 bits per heavy atom. The third-order valence-corrected chi connectivity index (χ3v) is 2.65. The first-order valence-corrected chi connectivity index (χ1v) is 5.92. The molecule has 1 aliphatic heterocycles. The lowest BCUT2D eigenvalue weighted by molar-refractivity contribution is 0.167. The average Bonchev–Trinajstić information content (AvgIpc) is 2.86. The molecule has 0 unspecified atom stereocenters. The molecule has 2 amide bonds. The van der Waals surface area contributed by atoms with Gasteiger partial charge in [-0.2, -0.15) is 0 Å². The third kappa shape index (κ3) is 3.27. The molecule has 0 radical (unpaired) electrons. The Bertz CT molecular complexity index is 446. The quantitative estimate of drug-likeness (QED) is 0.711. The number of carbonyl (C=O) groups excluding carboxylic acids is 1. The molecule has 7 heteroatoms. The standard InChI is InChI=1S/C12H16N2O5/c15-5-3-14(4-6-16)12(17)13-9-1-2-10-11(7-9)19-8-18-10/h1-2,7,15-16H,3-6,8H2,(H,13,17). The van der Waals surface area contributed by atoms with Gasteiger partial charge in [0.2, 0.25) is 6.79 Å². The van der Waals surface area contributed by atoms with Crippen LogP contribution in [0.4, 0.5) is 10.5 Å². The van der Waals surface area contributed by atoms with Gasteiger partial charge >= 0.3 is 6.03 Å². The predicted octanol–water partition coefficient (Wildman–Crippen LogP) is 0.234. The molecule has 0 aliphatic carbocycles. The van der Waals surface area contributed by atoms with Crippen molar-refractivity contribution >= 4 is 11.7 Å². The molecule has 0 atom stereocenters. The number of nitrogens with zero attached hydrogens (tertiary/aromatic N) is 1. The van der Waals surface area contributed by atoms with E-state index < -0.39 is 0 Å². The number of nitrogens with one attached hydrogen (secondary N) is 1. The van der Waals surface area contributed by atoms with Crippen molar-refractivity contribution in [3.8, 4) is 11.5 Å². The zero-order valence-electron chi connectivity index (χ0n) is 10.3. The number of hydrogen-bond donors (Lipinski definition) is 3. The summed E-state index contributed by atoms with van der Waals surface area (Å²) in [4.78, 5) is 13.2. The predicted molar refractivity (Wildman–Crippen MR) is 67.3 cm³/mol. The van der Waals surface area contributed by atoms with Crippen LogP contribution in [0.25, 0.3) is 0 Å². The van der Waals surface area contributed by atoms with Crippen molar-refractivity contribution < 1.29 is 24.5 Å². The van der Waals surface area contributed by atoms with Crippen LogP contribution in [-0.4, -0.2) is 54.2 Å². The van der Waals surface area contributed by atoms with Crippen LogP contribution in [0, 0.1) is 0 Å². The summed E-state index contributed by atoms with van der Waals surface area (Å²) in [6.07, 6.45) is 0. The minimum atomic E-state index is -0.387. The Hall–Kier alpha value is -1.99. The molecule has 19 heavy (non-hydrogen) atoms. The summed E-state index contributed by atoms with van der Waals surface area (Å²) in [5.74, 6) is 1.22. The number of amides is 2. The number of urea groups is 1. The van der Waals surface area contributed by atoms with Crippen LogP contribution in [-0.2, 0) is 0 Å². The molecular formula is C12H16N2O5. The van der Waals surface area contributed by atoms with Gasteiger partial charge in [0, 0.05) is 24.8 Å². The summed E-state index contributed by atoms with van der Waals surface area (Å²) in [6.45, 7) is 0.185. The number of aliphatic hydroxyl groups is 2. The van der Waals surface area contributed by atoms with Crippen molar-refractivity contribution in [3.05, 3.63) is 18.2 Å². The molecule has 7 nitrogen and oxygen atoms in total. The van der Waals surface area contributed by atoms with E-state index in [9.17, 15) is 4.79 Å². The van der Waals surface area contributed by atoms with Gasteiger partial charge in [0.1, 0.15) is 0 Å². The van der Waals surface area contributed by atoms with Crippen LogP contribution in [0.2, 0.25) is 0 Å². The van der Waals surface area contributed by atoms with Gasteiger partial charge < -0.3 is 29.9 Å². The lowest BCUT2D eigenvalue weighted by atomic mass is 10.3. The van der Waals surface area contributed by atoms with Crippen LogP contribution in [0.5, 0.6) is 11.5 Å². The second kappa shape index (κ2) is 6.26. The Morgan fingerprint density at radius 3 is 2.58 bits per heavy atom. The van der Waals surface area contributed by atoms with Gasteiger partial charge in [-0.05, 0) is 12.1 Å². The first-order valence-electron chi connectivity index (χ1n) is 5.92. The number of benzene rings is 1. The highest BCUT2D eigenvalue weighted by Gasteiger charge is 2.16. The molecule has 2 rings (SSSR count). The van der Waals surface area contributed by atoms with E-state index in [0.29, 0.717) is 17.2 Å². The van der Waals surface area contributed by atoms with Gasteiger partial charge in [-0.1, -0.05) is 0 Å². The molecule has 1 aliphatic rings. The molecular weight excluding hydrogens is 252 g/mol. The van der Waals surface area contributed by atoms with Crippen LogP contribution in [0.1, 0.15) is 0 Å². The van der Waals surface area contributed by atoms with Gasteiger partial charge in [-0.25, -0.2) is 4.79 Å². The SMILES string of the molecule is O=C(Nc1ccc2c(c1)OCO2)N(CCO)CCO. The van der Waals surface area contributed by atoms with E-state index in [-0.39, 0.29) is 39.1 Å². The van der Waals surface area contributed by atoms with Crippen molar-refractivity contribution in [1.82, 2.24) is 4.90 Å². The first-order chi connectivity index (χ1) is 9.24. The molecule has 0 spiro atoms. The number of ether oxygens (including phenoxy) is 2. The van der Waals surface area contributed by atoms with Gasteiger partial charge in [0.15, 0.2) is 11.5 Å². The molecule has 104 valence electrons. The van der Waals surface area contributed by atoms with E-state index in [4.69, 9.17) is 19.7 Å². The maximum absolute atomic E-state index is 11.9. The molecule has 0 bridgehead atoms. The van der Waals surface area contributed by atoms with E-state index in [2.05, 4.69) is 5.32 Å². The van der Waals surface area contributed by atoms with E-state index in [0.717, 1.165) is 0 Å². The number of rotatable bonds is 5. The highest BCUT2D eigenvalue weighted by Crippen LogP contribution is 2.34. The summed E-state index contributed by atoms with van der Waals surface area (Å²) >= 11 is 0. The van der Waals surface area contributed by atoms with Crippen molar-refractivity contribution in [2.45, 2.75) is 0 Å². The van der Waals surface area contributed by atoms with Gasteiger partial charge in [0.25, 0.3) is 0 Å². The van der Waals surface area contributed by atoms with Gasteiger partial charge in [-0.3, -0.25) is 0 Å². The van der Waals surface area contributed by atoms with Gasteiger partial charge in [-0.15, -0.1) is 0 Å².